The van der Waals surface area contributed by atoms with Crippen LogP contribution < -0.4 is 116 Å². The van der Waals surface area contributed by atoms with Gasteiger partial charge in [0, 0.05) is 63.8 Å². The third-order valence-electron chi connectivity index (χ3n) is 16.9. The maximum atomic E-state index is 12.8. The molecule has 4 N–H and O–H groups in total. The van der Waals surface area contributed by atoms with Crippen LogP contribution in [-0.2, 0) is 82.7 Å². The van der Waals surface area contributed by atoms with E-state index in [1.807, 2.05) is 104 Å². The first-order chi connectivity index (χ1) is 57.9. The number of carbonyl (C=O) groups excluding carboxylic acids is 4. The van der Waals surface area contributed by atoms with Crippen LogP contribution in [0, 0.1) is 53.7 Å². The number of hydrogen-bond acceptors (Lipinski definition) is 24. The number of hydrogen-bond donors (Lipinski definition) is 2. The molecular weight excluding hydrogens is 1900 g/mol. The van der Waals surface area contributed by atoms with E-state index in [0.29, 0.717) is 145 Å². The molecule has 5 heterocycles. The standard InChI is InChI=1S/C18H16O5S.C18H15O4S.C13H14O5S.C13H14O4S.C12H12O5S.C7H8.C6H5.4C2H6.2CH4.2H2O.2Rb/c1-11-17(18(20)13-4-6-14(19)7-5-13)15-9-12(10-24(2,21)22)3-8-16(15)23-11;1-12-17(18(19)14-6-4-3-5-7-14)15-10-13(11-23(2,20)21)8-9-16(15)22-12;1-8-12(13(14)17-2)10-6-9(7-19(3,15)16)4-5-11(10)18-8;1-8(14)13-9(2)17-12-5-4-10(6-11(12)13)7-18(3,15)16;1-7-11(12(13)14)9-5-8(6-18(2,15)16)3-4-10(9)17-7;1-7-5-3-2-4-6-7;1-2-4-6-5-3-1;4*1-2;;;;;;/h3-9,19H,10H2,1-2H3;4-10H,11H2,1-2H3;4-6H,7H2,1-3H3;4-6H,7H2,1-3H3;3-5H,6H2,1-2H3,(H,13,14);2-6H,1H3;1-5H;4*1-2H3;2*1H4;2*1H2;;/q;-1;;;;;-1;;;;;;;;;2*+1/p-2. The summed E-state index contributed by atoms with van der Waals surface area (Å²) in [6.07, 6.45) is 5.84. The summed E-state index contributed by atoms with van der Waals surface area (Å²) in [6.45, 7) is 28.0. The molecule has 0 amide bonds. The van der Waals surface area contributed by atoms with Gasteiger partial charge in [0.25, 0.3) is 0 Å². The molecule has 9 aromatic carbocycles. The zero-order chi connectivity index (χ0) is 92.7. The molecule has 0 saturated carbocycles. The first kappa shape index (κ1) is 125. The van der Waals surface area contributed by atoms with Crippen molar-refractivity contribution in [2.75, 3.05) is 38.4 Å². The van der Waals surface area contributed by atoms with Gasteiger partial charge in [0.15, 0.2) is 66.5 Å². The van der Waals surface area contributed by atoms with Crippen LogP contribution in [0.5, 0.6) is 5.75 Å². The number of esters is 1. The van der Waals surface area contributed by atoms with Crippen LogP contribution in [0.2, 0.25) is 0 Å². The van der Waals surface area contributed by atoms with Gasteiger partial charge in [-0.05, 0) is 161 Å². The molecule has 0 aliphatic heterocycles. The quantitative estimate of drug-likeness (QED) is 0.0485. The largest absolute Gasteiger partial charge is 1.00 e. The van der Waals surface area contributed by atoms with Crippen LogP contribution in [0.4, 0.5) is 0 Å². The van der Waals surface area contributed by atoms with Crippen LogP contribution >= 0.6 is 0 Å². The predicted molar refractivity (Wildman–Crippen MR) is 505 cm³/mol. The number of sulfone groups is 5. The van der Waals surface area contributed by atoms with Gasteiger partial charge in [-0.1, -0.05) is 142 Å². The number of furan rings is 5. The Bertz CT molecular complexity index is 6380. The molecule has 0 aliphatic carbocycles. The van der Waals surface area contributed by atoms with Crippen LogP contribution in [0.25, 0.3) is 54.8 Å². The average molecular weight is 2020 g/mol. The van der Waals surface area contributed by atoms with E-state index in [4.69, 9.17) is 31.9 Å². The van der Waals surface area contributed by atoms with Gasteiger partial charge in [-0.15, -0.1) is 0 Å². The average Bonchev–Trinajstić information content (AvgIpc) is 1.64. The van der Waals surface area contributed by atoms with E-state index in [9.17, 15) is 71.2 Å². The molecule has 0 unspecified atom stereocenters. The Labute approximate surface area is 858 Å². The summed E-state index contributed by atoms with van der Waals surface area (Å²) >= 11 is 0. The maximum Gasteiger partial charge on any atom is 1.00 e. The number of phenols is 1. The summed E-state index contributed by atoms with van der Waals surface area (Å²) in [5, 5.41) is 21.4. The monoisotopic (exact) mass is 2010 g/mol. The number of ether oxygens (including phenoxy) is 1. The van der Waals surface area contributed by atoms with Crippen LogP contribution in [0.15, 0.2) is 222 Å². The summed E-state index contributed by atoms with van der Waals surface area (Å²) in [6, 6.07) is 63.4. The van der Waals surface area contributed by atoms with E-state index in [1.54, 1.807) is 150 Å². The number of rotatable bonds is 17. The number of phenolic OH excluding ortho intramolecular Hbond substituents is 1. The molecular formula is C97H118O25Rb2S5-2. The molecule has 0 bridgehead atoms. The van der Waals surface area contributed by atoms with Gasteiger partial charge in [-0.25, -0.2) is 51.7 Å². The van der Waals surface area contributed by atoms with Gasteiger partial charge in [0.2, 0.25) is 0 Å². The van der Waals surface area contributed by atoms with Crippen molar-refractivity contribution >= 4 is 133 Å². The first-order valence-corrected chi connectivity index (χ1v) is 49.2. The van der Waals surface area contributed by atoms with Crippen molar-refractivity contribution in [2.45, 2.75) is 147 Å². The molecule has 25 nitrogen and oxygen atoms in total. The maximum absolute atomic E-state index is 12.8. The van der Waals surface area contributed by atoms with Gasteiger partial charge < -0.3 is 48.0 Å². The number of aromatic hydroxyl groups is 1. The van der Waals surface area contributed by atoms with E-state index >= 15 is 0 Å². The summed E-state index contributed by atoms with van der Waals surface area (Å²) < 4.78 is 146. The van der Waals surface area contributed by atoms with E-state index in [1.165, 1.54) is 68.9 Å². The van der Waals surface area contributed by atoms with Crippen molar-refractivity contribution in [2.24, 2.45) is 0 Å². The minimum Gasteiger partial charge on any atom is -0.870 e. The molecule has 0 spiro atoms. The van der Waals surface area contributed by atoms with Gasteiger partial charge in [0.05, 0.1) is 52.6 Å². The Balaban J connectivity index is -0.00000144. The zero-order valence-electron chi connectivity index (χ0n) is 76.0. The molecule has 0 saturated heterocycles. The number of fused-ring (bicyclic) bond motifs is 5. The van der Waals surface area contributed by atoms with Crippen LogP contribution in [0.3, 0.4) is 0 Å². The molecule has 0 fully saturated rings. The predicted octanol–water partition coefficient (Wildman–Crippen LogP) is 15.6. The SMILES string of the molecule is C.C.CC.CC.CC.CC.CC(=O)c1c(C)oc2ccc(CS(C)(=O)=O)cc12.COC(=O)c1c(C)oc2ccc(CS(C)(=O)=O)cc12.Cc1ccccc1.Cc1oc2ccc(CS(C)(=O)=O)cc2c1C(=O)O.Cc1oc2ccc(CS(C)(=O)=O)cc2c1C(=O)c1cc[c-]cc1.Cc1oc2ccc(CS(C)(=O)=O)cc2c1C(=O)c1ccc(O)cc1.[OH-].[OH-].[Rb+].[Rb+].[c-]1ccccc1. The summed E-state index contributed by atoms with van der Waals surface area (Å²) in [7, 11) is -14.4. The van der Waals surface area contributed by atoms with Gasteiger partial charge in [0.1, 0.15) is 73.6 Å². The zero-order valence-corrected chi connectivity index (χ0v) is 89.9. The van der Waals surface area contributed by atoms with E-state index < -0.39 is 61.1 Å². The number of carboxylic acids is 1. The third kappa shape index (κ3) is 40.0. The van der Waals surface area contributed by atoms with Crippen LogP contribution in [-0.4, -0.2) is 131 Å². The first-order valence-electron chi connectivity index (χ1n) is 38.9. The number of aromatic carboxylic acids is 1. The van der Waals surface area contributed by atoms with Crippen molar-refractivity contribution in [3.63, 3.8) is 0 Å². The van der Waals surface area contributed by atoms with Crippen molar-refractivity contribution < 1.29 is 230 Å². The summed E-state index contributed by atoms with van der Waals surface area (Å²) in [5.41, 5.74) is 9.88. The Kier molecular flexibility index (Phi) is 56.7. The molecule has 0 aliphatic rings. The minimum atomic E-state index is -3.17. The fraction of sp³-hybridized carbons (Fsp3) is 0.289. The molecule has 14 aromatic rings. The number of methoxy groups -OCH3 is 1. The molecule has 0 radical (unpaired) electrons. The molecule has 0 atom stereocenters. The third-order valence-corrected chi connectivity index (χ3v) is 21.1. The number of aryl methyl sites for hydroxylation is 6. The fourth-order valence-electron chi connectivity index (χ4n) is 12.2. The van der Waals surface area contributed by atoms with E-state index in [2.05, 4.69) is 31.2 Å². The van der Waals surface area contributed by atoms with Crippen molar-refractivity contribution in [1.82, 2.24) is 0 Å². The van der Waals surface area contributed by atoms with Crippen molar-refractivity contribution in [3.05, 3.63) is 313 Å². The number of ketones is 3. The molecule has 32 heteroatoms. The summed E-state index contributed by atoms with van der Waals surface area (Å²) in [5.74, 6) is -0.0233. The summed E-state index contributed by atoms with van der Waals surface area (Å²) in [4.78, 5) is 59.9. The molecule has 5 aromatic heterocycles. The second kappa shape index (κ2) is 58.6. The Morgan fingerprint density at radius 1 is 0.341 bits per heavy atom. The van der Waals surface area contributed by atoms with Crippen molar-refractivity contribution in [1.29, 1.82) is 0 Å². The number of carboxylic acid groups (broad SMARTS) is 1. The fourth-order valence-corrected chi connectivity index (χ4v) is 16.2. The van der Waals surface area contributed by atoms with Gasteiger partial charge in [-0.2, -0.15) is 66.7 Å². The Hall–Kier alpha value is -8.29. The van der Waals surface area contributed by atoms with Gasteiger partial charge >= 0.3 is 128 Å². The topological polar surface area (TPSA) is 431 Å². The van der Waals surface area contributed by atoms with Gasteiger partial charge in [-0.3, -0.25) is 14.4 Å². The minimum absolute atomic E-state index is 0. The van der Waals surface area contributed by atoms with E-state index in [0.717, 1.165) is 6.26 Å². The normalized spacial score (nSPS) is 10.4. The van der Waals surface area contributed by atoms with Crippen molar-refractivity contribution in [3.8, 4) is 5.75 Å². The number of carbonyl (C=O) groups is 5. The second-order valence-corrected chi connectivity index (χ2v) is 37.9. The second-order valence-electron chi connectivity index (χ2n) is 27.2. The smallest absolute Gasteiger partial charge is 0.870 e. The molecule has 690 valence electrons. The molecule has 129 heavy (non-hydrogen) atoms. The molecule has 14 rings (SSSR count). The van der Waals surface area contributed by atoms with Crippen LogP contribution in [0.1, 0.15) is 202 Å². The van der Waals surface area contributed by atoms with E-state index in [-0.39, 0.29) is 200 Å². The number of Topliss-reactive ketones (excluding diaryl/α,β-unsaturated/α-hetero) is 1. The Morgan fingerprint density at radius 2 is 0.589 bits per heavy atom. The Morgan fingerprint density at radius 3 is 0.837 bits per heavy atom. The number of benzene rings is 9.